The molecule has 0 atom stereocenters. The summed E-state index contributed by atoms with van der Waals surface area (Å²) >= 11 is 0. The Morgan fingerprint density at radius 3 is 2.37 bits per heavy atom. The van der Waals surface area contributed by atoms with Gasteiger partial charge < -0.3 is 4.42 Å². The van der Waals surface area contributed by atoms with E-state index in [1.807, 2.05) is 60.7 Å². The van der Waals surface area contributed by atoms with Crippen LogP contribution in [0.1, 0.15) is 16.9 Å². The van der Waals surface area contributed by atoms with Crippen molar-refractivity contribution in [2.75, 3.05) is 0 Å². The van der Waals surface area contributed by atoms with Crippen LogP contribution in [0.5, 0.6) is 0 Å². The highest BCUT2D eigenvalue weighted by Gasteiger charge is 1.99. The fraction of sp³-hybridized carbons (Fsp3) is 0. The Hall–Kier alpha value is -2.54. The van der Waals surface area contributed by atoms with Gasteiger partial charge in [-0.3, -0.25) is 0 Å². The summed E-state index contributed by atoms with van der Waals surface area (Å²) in [6.07, 6.45) is 5.90. The van der Waals surface area contributed by atoms with Crippen molar-refractivity contribution < 1.29 is 4.42 Å². The van der Waals surface area contributed by atoms with E-state index in [2.05, 4.69) is 18.7 Å². The predicted octanol–water partition coefficient (Wildman–Crippen LogP) is 5.25. The van der Waals surface area contributed by atoms with Crippen LogP contribution in [-0.4, -0.2) is 0 Å². The van der Waals surface area contributed by atoms with Gasteiger partial charge in [-0.1, -0.05) is 61.2 Å². The Bertz CT molecular complexity index is 714. The molecule has 3 rings (SSSR count). The number of furan rings is 1. The third kappa shape index (κ3) is 2.36. The van der Waals surface area contributed by atoms with Gasteiger partial charge in [0.25, 0.3) is 0 Å². The van der Waals surface area contributed by atoms with E-state index in [0.717, 1.165) is 27.9 Å². The second-order valence-electron chi connectivity index (χ2n) is 4.35. The van der Waals surface area contributed by atoms with Crippen LogP contribution in [0.4, 0.5) is 0 Å². The molecule has 2 aromatic carbocycles. The second kappa shape index (κ2) is 4.99. The summed E-state index contributed by atoms with van der Waals surface area (Å²) in [5.41, 5.74) is 3.17. The van der Waals surface area contributed by atoms with Gasteiger partial charge in [0.2, 0.25) is 0 Å². The first-order valence-corrected chi connectivity index (χ1v) is 6.25. The van der Waals surface area contributed by atoms with Gasteiger partial charge >= 0.3 is 0 Å². The predicted molar refractivity (Wildman–Crippen MR) is 81.7 cm³/mol. The van der Waals surface area contributed by atoms with Crippen molar-refractivity contribution in [3.05, 3.63) is 78.1 Å². The minimum Gasteiger partial charge on any atom is -0.457 e. The van der Waals surface area contributed by atoms with E-state index >= 15 is 0 Å². The van der Waals surface area contributed by atoms with Gasteiger partial charge in [-0.15, -0.1) is 0 Å². The monoisotopic (exact) mass is 246 g/mol. The van der Waals surface area contributed by atoms with Crippen molar-refractivity contribution in [2.24, 2.45) is 0 Å². The molecular formula is C18H14O. The Morgan fingerprint density at radius 2 is 1.58 bits per heavy atom. The molecule has 19 heavy (non-hydrogen) atoms. The number of para-hydroxylation sites is 1. The first-order valence-electron chi connectivity index (χ1n) is 6.25. The molecule has 0 radical (unpaired) electrons. The van der Waals surface area contributed by atoms with Crippen LogP contribution >= 0.6 is 0 Å². The molecule has 1 heteroatoms. The number of hydrogen-bond acceptors (Lipinski definition) is 1. The van der Waals surface area contributed by atoms with Crippen molar-refractivity contribution in [1.29, 1.82) is 0 Å². The van der Waals surface area contributed by atoms with E-state index in [9.17, 15) is 0 Å². The van der Waals surface area contributed by atoms with Gasteiger partial charge in [-0.25, -0.2) is 0 Å². The van der Waals surface area contributed by atoms with Crippen molar-refractivity contribution >= 4 is 29.2 Å². The lowest BCUT2D eigenvalue weighted by molar-refractivity contribution is 0.604. The van der Waals surface area contributed by atoms with Gasteiger partial charge in [-0.05, 0) is 29.3 Å². The molecule has 0 aliphatic rings. The van der Waals surface area contributed by atoms with Crippen LogP contribution in [-0.2, 0) is 0 Å². The molecule has 1 nitrogen and oxygen atoms in total. The molecule has 3 aromatic rings. The van der Waals surface area contributed by atoms with E-state index < -0.39 is 0 Å². The van der Waals surface area contributed by atoms with Gasteiger partial charge in [-0.2, -0.15) is 0 Å². The maximum atomic E-state index is 5.75. The normalized spacial score (nSPS) is 11.2. The van der Waals surface area contributed by atoms with Crippen LogP contribution in [0.2, 0.25) is 0 Å². The third-order valence-electron chi connectivity index (χ3n) is 3.09. The summed E-state index contributed by atoms with van der Waals surface area (Å²) < 4.78 is 5.75. The zero-order chi connectivity index (χ0) is 13.1. The number of rotatable bonds is 3. The first-order chi connectivity index (χ1) is 9.36. The summed E-state index contributed by atoms with van der Waals surface area (Å²) in [6, 6.07) is 18.2. The average molecular weight is 246 g/mol. The highest BCUT2D eigenvalue weighted by Crippen LogP contribution is 2.21. The van der Waals surface area contributed by atoms with Gasteiger partial charge in [0.15, 0.2) is 0 Å². The number of benzene rings is 2. The van der Waals surface area contributed by atoms with Crippen molar-refractivity contribution in [1.82, 2.24) is 0 Å². The quantitative estimate of drug-likeness (QED) is 0.615. The van der Waals surface area contributed by atoms with Crippen LogP contribution < -0.4 is 0 Å². The molecule has 0 saturated heterocycles. The summed E-state index contributed by atoms with van der Waals surface area (Å²) in [5, 5.41) is 1.12. The molecule has 1 heterocycles. The first kappa shape index (κ1) is 11.5. The minimum absolute atomic E-state index is 0.861. The van der Waals surface area contributed by atoms with Gasteiger partial charge in [0.1, 0.15) is 11.3 Å². The summed E-state index contributed by atoms with van der Waals surface area (Å²) in [5.74, 6) is 0.861. The zero-order valence-electron chi connectivity index (χ0n) is 10.5. The van der Waals surface area contributed by atoms with Crippen molar-refractivity contribution in [3.63, 3.8) is 0 Å². The molecule has 92 valence electrons. The Labute approximate surface area is 112 Å². The van der Waals surface area contributed by atoms with Gasteiger partial charge in [0.05, 0.1) is 0 Å². The van der Waals surface area contributed by atoms with Crippen LogP contribution in [0.15, 0.2) is 65.6 Å². The molecule has 0 bridgehead atoms. The molecule has 1 aromatic heterocycles. The SMILES string of the molecule is C=Cc1ccccc1/C=C/c1cc2ccccc2o1. The summed E-state index contributed by atoms with van der Waals surface area (Å²) in [6.45, 7) is 3.82. The molecule has 0 spiro atoms. The fourth-order valence-corrected chi connectivity index (χ4v) is 2.11. The largest absolute Gasteiger partial charge is 0.457 e. The van der Waals surface area contributed by atoms with Crippen LogP contribution in [0, 0.1) is 0 Å². The molecule has 0 saturated carbocycles. The molecule has 0 aliphatic carbocycles. The maximum Gasteiger partial charge on any atom is 0.134 e. The molecule has 0 fully saturated rings. The lowest BCUT2D eigenvalue weighted by Crippen LogP contribution is -1.77. The smallest absolute Gasteiger partial charge is 0.134 e. The topological polar surface area (TPSA) is 13.1 Å². The second-order valence-corrected chi connectivity index (χ2v) is 4.35. The van der Waals surface area contributed by atoms with E-state index in [-0.39, 0.29) is 0 Å². The molecule has 0 aliphatic heterocycles. The molecular weight excluding hydrogens is 232 g/mol. The standard InChI is InChI=1S/C18H14O/c1-2-14-7-3-4-8-15(14)11-12-17-13-16-9-5-6-10-18(16)19-17/h2-13H,1H2/b12-11+. The van der Waals surface area contributed by atoms with Gasteiger partial charge in [0, 0.05) is 5.39 Å². The van der Waals surface area contributed by atoms with Crippen LogP contribution in [0.25, 0.3) is 29.2 Å². The zero-order valence-corrected chi connectivity index (χ0v) is 10.5. The van der Waals surface area contributed by atoms with E-state index in [1.54, 1.807) is 0 Å². The number of fused-ring (bicyclic) bond motifs is 1. The van der Waals surface area contributed by atoms with E-state index in [4.69, 9.17) is 4.42 Å². The van der Waals surface area contributed by atoms with E-state index in [1.165, 1.54) is 0 Å². The van der Waals surface area contributed by atoms with Crippen molar-refractivity contribution in [3.8, 4) is 0 Å². The Balaban J connectivity index is 1.95. The lowest BCUT2D eigenvalue weighted by atomic mass is 10.1. The molecule has 0 amide bonds. The highest BCUT2D eigenvalue weighted by molar-refractivity contribution is 5.82. The highest BCUT2D eigenvalue weighted by atomic mass is 16.3. The maximum absolute atomic E-state index is 5.75. The minimum atomic E-state index is 0.861. The average Bonchev–Trinajstić information content (AvgIpc) is 2.88. The summed E-state index contributed by atoms with van der Waals surface area (Å²) in [4.78, 5) is 0. The number of hydrogen-bond donors (Lipinski definition) is 0. The lowest BCUT2D eigenvalue weighted by Gasteiger charge is -1.98. The molecule has 0 N–H and O–H groups in total. The Kier molecular flexibility index (Phi) is 3.03. The van der Waals surface area contributed by atoms with Crippen molar-refractivity contribution in [2.45, 2.75) is 0 Å². The fourth-order valence-electron chi connectivity index (χ4n) is 2.11. The Morgan fingerprint density at radius 1 is 0.842 bits per heavy atom. The molecule has 0 unspecified atom stereocenters. The third-order valence-corrected chi connectivity index (χ3v) is 3.09. The van der Waals surface area contributed by atoms with Crippen LogP contribution in [0.3, 0.4) is 0 Å². The summed E-state index contributed by atoms with van der Waals surface area (Å²) in [7, 11) is 0. The van der Waals surface area contributed by atoms with E-state index in [0.29, 0.717) is 0 Å².